The van der Waals surface area contributed by atoms with Gasteiger partial charge in [0.2, 0.25) is 0 Å². The number of nitrogens with one attached hydrogen (secondary N) is 1. The largest absolute Gasteiger partial charge is 0.497 e. The van der Waals surface area contributed by atoms with Gasteiger partial charge >= 0.3 is 0 Å². The van der Waals surface area contributed by atoms with Crippen molar-refractivity contribution >= 4 is 5.91 Å². The lowest BCUT2D eigenvalue weighted by atomic mass is 10.0. The fourth-order valence-corrected chi connectivity index (χ4v) is 3.84. The van der Waals surface area contributed by atoms with E-state index in [1.807, 2.05) is 26.0 Å². The second kappa shape index (κ2) is 10.9. The summed E-state index contributed by atoms with van der Waals surface area (Å²) in [6.07, 6.45) is 2.37. The number of carbonyl (C=O) groups excluding carboxylic acids is 1. The molecule has 3 rings (SSSR count). The maximum absolute atomic E-state index is 12.9. The van der Waals surface area contributed by atoms with Crippen molar-refractivity contribution in [2.75, 3.05) is 40.0 Å². The van der Waals surface area contributed by atoms with Crippen molar-refractivity contribution in [3.63, 3.8) is 0 Å². The summed E-state index contributed by atoms with van der Waals surface area (Å²) in [5.41, 5.74) is 1.71. The van der Waals surface area contributed by atoms with Crippen molar-refractivity contribution in [2.24, 2.45) is 0 Å². The molecule has 2 aromatic carbocycles. The Morgan fingerprint density at radius 1 is 1.03 bits per heavy atom. The molecule has 0 aliphatic carbocycles. The van der Waals surface area contributed by atoms with Gasteiger partial charge in [-0.1, -0.05) is 12.1 Å². The molecule has 1 fully saturated rings. The molecule has 0 saturated carbocycles. The fourth-order valence-electron chi connectivity index (χ4n) is 3.84. The van der Waals surface area contributed by atoms with Crippen LogP contribution in [0.25, 0.3) is 0 Å². The molecule has 1 N–H and O–H groups in total. The van der Waals surface area contributed by atoms with Crippen LogP contribution in [0.5, 0.6) is 17.2 Å². The summed E-state index contributed by atoms with van der Waals surface area (Å²) in [7, 11) is 1.67. The van der Waals surface area contributed by atoms with Gasteiger partial charge in [-0.15, -0.1) is 0 Å². The molecule has 1 heterocycles. The number of hydrogen-bond donors (Lipinski definition) is 1. The van der Waals surface area contributed by atoms with E-state index in [4.69, 9.17) is 14.2 Å². The highest BCUT2D eigenvalue weighted by molar-refractivity contribution is 5.94. The fraction of sp³-hybridized carbons (Fsp3) is 0.458. The smallest absolute Gasteiger partial charge is 0.251 e. The summed E-state index contributed by atoms with van der Waals surface area (Å²) in [6.45, 7) is 7.50. The molecule has 6 heteroatoms. The molecule has 0 bridgehead atoms. The molecular weight excluding hydrogens is 380 g/mol. The minimum atomic E-state index is -0.119. The molecule has 1 aliphatic rings. The number of rotatable bonds is 10. The number of nitrogens with zero attached hydrogens (tertiary/aromatic N) is 1. The Morgan fingerprint density at radius 3 is 2.47 bits per heavy atom. The van der Waals surface area contributed by atoms with Gasteiger partial charge in [-0.25, -0.2) is 0 Å². The lowest BCUT2D eigenvalue weighted by molar-refractivity contribution is 0.0937. The van der Waals surface area contributed by atoms with Crippen LogP contribution in [0.2, 0.25) is 0 Å². The Bertz CT molecular complexity index is 834. The summed E-state index contributed by atoms with van der Waals surface area (Å²) in [5, 5.41) is 3.11. The molecule has 1 atom stereocenters. The van der Waals surface area contributed by atoms with E-state index in [-0.39, 0.29) is 11.9 Å². The summed E-state index contributed by atoms with van der Waals surface area (Å²) in [5.74, 6) is 1.96. The zero-order valence-corrected chi connectivity index (χ0v) is 18.1. The molecule has 0 radical (unpaired) electrons. The SMILES string of the molecule is CCOc1ccc(C(=O)NCC(c2cccc(OC)c2)N2CCCC2)cc1OCC. The van der Waals surface area contributed by atoms with Gasteiger partial charge < -0.3 is 19.5 Å². The Hall–Kier alpha value is -2.73. The van der Waals surface area contributed by atoms with Crippen molar-refractivity contribution in [1.29, 1.82) is 0 Å². The second-order valence-electron chi connectivity index (χ2n) is 7.27. The molecule has 1 amide bonds. The molecule has 2 aromatic rings. The summed E-state index contributed by atoms with van der Waals surface area (Å²) in [6, 6.07) is 13.5. The highest BCUT2D eigenvalue weighted by Crippen LogP contribution is 2.29. The van der Waals surface area contributed by atoms with E-state index in [0.29, 0.717) is 36.8 Å². The maximum Gasteiger partial charge on any atom is 0.251 e. The van der Waals surface area contributed by atoms with Crippen LogP contribution in [-0.4, -0.2) is 50.8 Å². The van der Waals surface area contributed by atoms with Crippen molar-refractivity contribution in [2.45, 2.75) is 32.7 Å². The van der Waals surface area contributed by atoms with Crippen molar-refractivity contribution in [3.05, 3.63) is 53.6 Å². The van der Waals surface area contributed by atoms with E-state index in [2.05, 4.69) is 22.3 Å². The Kier molecular flexibility index (Phi) is 7.97. The summed E-state index contributed by atoms with van der Waals surface area (Å²) in [4.78, 5) is 15.3. The van der Waals surface area contributed by atoms with Gasteiger partial charge in [-0.05, 0) is 75.7 Å². The Labute approximate surface area is 179 Å². The Morgan fingerprint density at radius 2 is 1.77 bits per heavy atom. The average molecular weight is 413 g/mol. The Balaban J connectivity index is 1.74. The third kappa shape index (κ3) is 5.45. The zero-order valence-electron chi connectivity index (χ0n) is 18.1. The number of carbonyl (C=O) groups is 1. The number of amides is 1. The van der Waals surface area contributed by atoms with Crippen LogP contribution in [0.3, 0.4) is 0 Å². The van der Waals surface area contributed by atoms with Crippen LogP contribution in [0.1, 0.15) is 48.7 Å². The van der Waals surface area contributed by atoms with Gasteiger partial charge in [-0.3, -0.25) is 9.69 Å². The molecule has 6 nitrogen and oxygen atoms in total. The van der Waals surface area contributed by atoms with Gasteiger partial charge in [0.1, 0.15) is 5.75 Å². The molecule has 0 spiro atoms. The standard InChI is InChI=1S/C24H32N2O4/c1-4-29-22-12-11-19(16-23(22)30-5-2)24(27)25-17-21(26-13-6-7-14-26)18-9-8-10-20(15-18)28-3/h8-12,15-16,21H,4-7,13-14,17H2,1-3H3,(H,25,27). The van der Waals surface area contributed by atoms with E-state index >= 15 is 0 Å². The van der Waals surface area contributed by atoms with Crippen LogP contribution in [0.4, 0.5) is 0 Å². The highest BCUT2D eigenvalue weighted by atomic mass is 16.5. The molecule has 1 aliphatic heterocycles. The average Bonchev–Trinajstić information content (AvgIpc) is 3.30. The number of methoxy groups -OCH3 is 1. The molecule has 1 unspecified atom stereocenters. The molecule has 1 saturated heterocycles. The maximum atomic E-state index is 12.9. The van der Waals surface area contributed by atoms with Crippen LogP contribution in [0, 0.1) is 0 Å². The first-order chi connectivity index (χ1) is 14.7. The van der Waals surface area contributed by atoms with Crippen molar-refractivity contribution in [1.82, 2.24) is 10.2 Å². The van der Waals surface area contributed by atoms with E-state index in [9.17, 15) is 4.79 Å². The van der Waals surface area contributed by atoms with E-state index < -0.39 is 0 Å². The first-order valence-corrected chi connectivity index (χ1v) is 10.7. The third-order valence-corrected chi connectivity index (χ3v) is 5.32. The predicted octanol–water partition coefficient (Wildman–Crippen LogP) is 4.06. The molecule has 162 valence electrons. The van der Waals surface area contributed by atoms with Gasteiger partial charge in [0.15, 0.2) is 11.5 Å². The number of likely N-dealkylation sites (tertiary alicyclic amines) is 1. The summed E-state index contributed by atoms with van der Waals surface area (Å²) < 4.78 is 16.6. The van der Waals surface area contributed by atoms with Gasteiger partial charge in [0.25, 0.3) is 5.91 Å². The minimum absolute atomic E-state index is 0.112. The zero-order chi connectivity index (χ0) is 21.3. The summed E-state index contributed by atoms with van der Waals surface area (Å²) >= 11 is 0. The topological polar surface area (TPSA) is 60.0 Å². The van der Waals surface area contributed by atoms with E-state index in [0.717, 1.165) is 24.4 Å². The normalized spacial score (nSPS) is 14.9. The van der Waals surface area contributed by atoms with Crippen molar-refractivity contribution in [3.8, 4) is 17.2 Å². The minimum Gasteiger partial charge on any atom is -0.497 e. The molecule has 30 heavy (non-hydrogen) atoms. The van der Waals surface area contributed by atoms with Gasteiger partial charge in [-0.2, -0.15) is 0 Å². The monoisotopic (exact) mass is 412 g/mol. The second-order valence-corrected chi connectivity index (χ2v) is 7.27. The molecular formula is C24H32N2O4. The van der Waals surface area contributed by atoms with Gasteiger partial charge in [0.05, 0.1) is 26.4 Å². The highest BCUT2D eigenvalue weighted by Gasteiger charge is 2.24. The molecule has 0 aromatic heterocycles. The first kappa shape index (κ1) is 22.0. The van der Waals surface area contributed by atoms with Crippen LogP contribution in [0.15, 0.2) is 42.5 Å². The van der Waals surface area contributed by atoms with Crippen molar-refractivity contribution < 1.29 is 19.0 Å². The third-order valence-electron chi connectivity index (χ3n) is 5.32. The lowest BCUT2D eigenvalue weighted by Crippen LogP contribution is -2.36. The first-order valence-electron chi connectivity index (χ1n) is 10.7. The van der Waals surface area contributed by atoms with Crippen LogP contribution < -0.4 is 19.5 Å². The number of ether oxygens (including phenoxy) is 3. The number of hydrogen-bond acceptors (Lipinski definition) is 5. The van der Waals surface area contributed by atoms with Crippen LogP contribution >= 0.6 is 0 Å². The van der Waals surface area contributed by atoms with E-state index in [1.165, 1.54) is 12.8 Å². The predicted molar refractivity (Wildman–Crippen MR) is 118 cm³/mol. The van der Waals surface area contributed by atoms with Crippen LogP contribution in [-0.2, 0) is 0 Å². The van der Waals surface area contributed by atoms with E-state index in [1.54, 1.807) is 25.3 Å². The number of benzene rings is 2. The lowest BCUT2D eigenvalue weighted by Gasteiger charge is -2.28. The van der Waals surface area contributed by atoms with Gasteiger partial charge in [0, 0.05) is 12.1 Å². The quantitative estimate of drug-likeness (QED) is 0.638.